The summed E-state index contributed by atoms with van der Waals surface area (Å²) in [6, 6.07) is 19.6. The average molecular weight is 454 g/mol. The number of aromatic nitrogens is 1. The van der Waals surface area contributed by atoms with Crippen LogP contribution in [0.25, 0.3) is 22.6 Å². The van der Waals surface area contributed by atoms with Gasteiger partial charge in [0.2, 0.25) is 5.89 Å². The lowest BCUT2D eigenvalue weighted by molar-refractivity contribution is -0.139. The third-order valence-electron chi connectivity index (χ3n) is 4.47. The number of carbonyl (C=O) groups is 1. The Labute approximate surface area is 189 Å². The third kappa shape index (κ3) is 5.50. The van der Waals surface area contributed by atoms with Crippen LogP contribution in [0.15, 0.2) is 71.1 Å². The van der Waals surface area contributed by atoms with E-state index >= 15 is 0 Å². The largest absolute Gasteiger partial charge is 0.493 e. The van der Waals surface area contributed by atoms with E-state index in [0.717, 1.165) is 5.52 Å². The number of oxazole rings is 1. The fourth-order valence-electron chi connectivity index (χ4n) is 2.99. The van der Waals surface area contributed by atoms with E-state index in [4.69, 9.17) is 35.3 Å². The van der Waals surface area contributed by atoms with E-state index in [0.29, 0.717) is 58.9 Å². The highest BCUT2D eigenvalue weighted by atomic mass is 35.5. The monoisotopic (exact) mass is 453 g/mol. The van der Waals surface area contributed by atoms with Crippen molar-refractivity contribution in [3.63, 3.8) is 0 Å². The lowest BCUT2D eigenvalue weighted by Gasteiger charge is -2.11. The van der Waals surface area contributed by atoms with Crippen LogP contribution in [-0.2, 0) is 4.79 Å². The van der Waals surface area contributed by atoms with E-state index in [2.05, 4.69) is 4.98 Å². The van der Waals surface area contributed by atoms with Crippen molar-refractivity contribution in [1.29, 1.82) is 0 Å². The van der Waals surface area contributed by atoms with Gasteiger partial charge in [-0.2, -0.15) is 0 Å². The maximum absolute atomic E-state index is 10.5. The van der Waals surface area contributed by atoms with Gasteiger partial charge in [0.15, 0.2) is 12.2 Å². The molecule has 4 rings (SSSR count). The Morgan fingerprint density at radius 3 is 2.41 bits per heavy atom. The maximum atomic E-state index is 10.5. The molecular formula is C24H20ClNO6. The smallest absolute Gasteiger partial charge is 0.341 e. The molecule has 0 bridgehead atoms. The highest BCUT2D eigenvalue weighted by Gasteiger charge is 2.14. The van der Waals surface area contributed by atoms with Crippen LogP contribution in [-0.4, -0.2) is 35.9 Å². The van der Waals surface area contributed by atoms with E-state index in [9.17, 15) is 4.79 Å². The molecule has 8 heteroatoms. The van der Waals surface area contributed by atoms with Crippen LogP contribution in [0.4, 0.5) is 0 Å². The molecular weight excluding hydrogens is 434 g/mol. The lowest BCUT2D eigenvalue weighted by atomic mass is 10.2. The number of hydrogen-bond acceptors (Lipinski definition) is 6. The minimum Gasteiger partial charge on any atom is -0.493 e. The molecule has 1 N–H and O–H groups in total. The molecule has 0 spiro atoms. The van der Waals surface area contributed by atoms with Crippen molar-refractivity contribution in [2.75, 3.05) is 19.8 Å². The summed E-state index contributed by atoms with van der Waals surface area (Å²) >= 11 is 6.18. The molecule has 0 unspecified atom stereocenters. The number of fused-ring (bicyclic) bond motifs is 1. The highest BCUT2D eigenvalue weighted by Crippen LogP contribution is 2.34. The number of aliphatic carboxylic acids is 1. The summed E-state index contributed by atoms with van der Waals surface area (Å²) in [6.07, 6.45) is 0.646. The molecule has 0 aliphatic carbocycles. The van der Waals surface area contributed by atoms with Crippen molar-refractivity contribution in [2.45, 2.75) is 6.42 Å². The van der Waals surface area contributed by atoms with Gasteiger partial charge in [-0.15, -0.1) is 0 Å². The number of benzene rings is 3. The van der Waals surface area contributed by atoms with E-state index < -0.39 is 5.97 Å². The predicted molar refractivity (Wildman–Crippen MR) is 120 cm³/mol. The summed E-state index contributed by atoms with van der Waals surface area (Å²) in [4.78, 5) is 15.1. The number of ether oxygens (including phenoxy) is 3. The minimum absolute atomic E-state index is 0.381. The minimum atomic E-state index is -1.02. The zero-order valence-corrected chi connectivity index (χ0v) is 17.7. The van der Waals surface area contributed by atoms with Gasteiger partial charge >= 0.3 is 5.97 Å². The Hall–Kier alpha value is -3.71. The summed E-state index contributed by atoms with van der Waals surface area (Å²) in [5, 5.41) is 9.19. The fraction of sp³-hybridized carbons (Fsp3) is 0.167. The Balaban J connectivity index is 1.31. The van der Waals surface area contributed by atoms with Crippen molar-refractivity contribution in [3.8, 4) is 28.7 Å². The van der Waals surface area contributed by atoms with Gasteiger partial charge in [0.25, 0.3) is 0 Å². The fourth-order valence-corrected chi connectivity index (χ4v) is 3.16. The summed E-state index contributed by atoms with van der Waals surface area (Å²) in [5.74, 6) is 1.18. The lowest BCUT2D eigenvalue weighted by Crippen LogP contribution is -2.09. The van der Waals surface area contributed by atoms with E-state index in [1.165, 1.54) is 0 Å². The van der Waals surface area contributed by atoms with E-state index in [1.54, 1.807) is 42.5 Å². The highest BCUT2D eigenvalue weighted by molar-refractivity contribution is 6.30. The molecule has 164 valence electrons. The van der Waals surface area contributed by atoms with Gasteiger partial charge in [-0.1, -0.05) is 23.7 Å². The number of carboxylic acid groups (broad SMARTS) is 1. The van der Waals surface area contributed by atoms with Crippen LogP contribution < -0.4 is 14.2 Å². The Kier molecular flexibility index (Phi) is 6.77. The number of hydrogen-bond donors (Lipinski definition) is 1. The standard InChI is InChI=1S/C24H20ClNO6/c25-16-6-11-21(19(14-16)24-26-20-4-1-2-5-22(20)32-24)30-13-3-12-29-17-7-9-18(10-8-17)31-15-23(27)28/h1-2,4-11,14H,3,12-13,15H2,(H,27,28). The van der Waals surface area contributed by atoms with Crippen molar-refractivity contribution >= 4 is 28.7 Å². The van der Waals surface area contributed by atoms with Gasteiger partial charge in [0.05, 0.1) is 18.8 Å². The van der Waals surface area contributed by atoms with Gasteiger partial charge in [-0.25, -0.2) is 9.78 Å². The van der Waals surface area contributed by atoms with Crippen molar-refractivity contribution in [2.24, 2.45) is 0 Å². The molecule has 0 radical (unpaired) electrons. The zero-order valence-electron chi connectivity index (χ0n) is 17.0. The number of para-hydroxylation sites is 2. The molecule has 0 saturated heterocycles. The van der Waals surface area contributed by atoms with Gasteiger partial charge < -0.3 is 23.7 Å². The second-order valence-corrected chi connectivity index (χ2v) is 7.27. The van der Waals surface area contributed by atoms with Gasteiger partial charge in [0, 0.05) is 11.4 Å². The molecule has 0 fully saturated rings. The molecule has 1 heterocycles. The van der Waals surface area contributed by atoms with Crippen LogP contribution in [0.3, 0.4) is 0 Å². The topological polar surface area (TPSA) is 91.0 Å². The molecule has 1 aromatic heterocycles. The van der Waals surface area contributed by atoms with Gasteiger partial charge in [-0.3, -0.25) is 0 Å². The van der Waals surface area contributed by atoms with Crippen LogP contribution in [0.1, 0.15) is 6.42 Å². The Morgan fingerprint density at radius 1 is 0.938 bits per heavy atom. The first kappa shape index (κ1) is 21.5. The zero-order chi connectivity index (χ0) is 22.3. The van der Waals surface area contributed by atoms with Crippen molar-refractivity contribution < 1.29 is 28.5 Å². The first-order chi connectivity index (χ1) is 15.6. The molecule has 0 saturated carbocycles. The Bertz CT molecular complexity index is 1170. The third-order valence-corrected chi connectivity index (χ3v) is 4.70. The number of rotatable bonds is 10. The maximum Gasteiger partial charge on any atom is 0.341 e. The van der Waals surface area contributed by atoms with E-state index in [-0.39, 0.29) is 6.61 Å². The van der Waals surface area contributed by atoms with E-state index in [1.807, 2.05) is 24.3 Å². The normalized spacial score (nSPS) is 10.8. The second-order valence-electron chi connectivity index (χ2n) is 6.83. The molecule has 3 aromatic carbocycles. The number of halogens is 1. The molecule has 0 aliphatic rings. The number of carboxylic acids is 1. The second kappa shape index (κ2) is 10.1. The van der Waals surface area contributed by atoms with Gasteiger partial charge in [-0.05, 0) is 54.6 Å². The molecule has 4 aromatic rings. The van der Waals surface area contributed by atoms with Crippen LogP contribution in [0.5, 0.6) is 17.2 Å². The molecule has 7 nitrogen and oxygen atoms in total. The molecule has 0 amide bonds. The first-order valence-corrected chi connectivity index (χ1v) is 10.3. The molecule has 0 atom stereocenters. The average Bonchev–Trinajstić information content (AvgIpc) is 3.23. The first-order valence-electron chi connectivity index (χ1n) is 9.94. The van der Waals surface area contributed by atoms with Crippen molar-refractivity contribution in [1.82, 2.24) is 4.98 Å². The predicted octanol–water partition coefficient (Wildman–Crippen LogP) is 5.46. The van der Waals surface area contributed by atoms with Crippen LogP contribution in [0.2, 0.25) is 5.02 Å². The number of nitrogens with zero attached hydrogens (tertiary/aromatic N) is 1. The SMILES string of the molecule is O=C(O)COc1ccc(OCCCOc2ccc(Cl)cc2-c2nc3ccccc3o2)cc1. The van der Waals surface area contributed by atoms with Crippen molar-refractivity contribution in [3.05, 3.63) is 71.8 Å². The summed E-state index contributed by atoms with van der Waals surface area (Å²) in [7, 11) is 0. The molecule has 32 heavy (non-hydrogen) atoms. The quantitative estimate of drug-likeness (QED) is 0.319. The van der Waals surface area contributed by atoms with Crippen LogP contribution in [0, 0.1) is 0 Å². The Morgan fingerprint density at radius 2 is 1.66 bits per heavy atom. The summed E-state index contributed by atoms with van der Waals surface area (Å²) < 4.78 is 22.6. The molecule has 0 aliphatic heterocycles. The summed E-state index contributed by atoms with van der Waals surface area (Å²) in [5.41, 5.74) is 2.15. The van der Waals surface area contributed by atoms with Crippen LogP contribution >= 0.6 is 11.6 Å². The van der Waals surface area contributed by atoms with Gasteiger partial charge in [0.1, 0.15) is 22.8 Å². The summed E-state index contributed by atoms with van der Waals surface area (Å²) in [6.45, 7) is 0.490.